The number of aromatic nitrogens is 3. The van der Waals surface area contributed by atoms with E-state index >= 15 is 0 Å². The highest BCUT2D eigenvalue weighted by molar-refractivity contribution is 7.99. The smallest absolute Gasteiger partial charge is 0.263 e. The average Bonchev–Trinajstić information content (AvgIpc) is 3.28. The number of rotatable bonds is 7. The van der Waals surface area contributed by atoms with Gasteiger partial charge < -0.3 is 10.1 Å². The first-order valence-electron chi connectivity index (χ1n) is 10.1. The van der Waals surface area contributed by atoms with Crippen molar-refractivity contribution in [3.05, 3.63) is 58.5 Å². The second-order valence-corrected chi connectivity index (χ2v) is 8.15. The molecule has 1 atom stereocenters. The fourth-order valence-corrected chi connectivity index (χ4v) is 4.25. The van der Waals surface area contributed by atoms with Crippen LogP contribution in [0.2, 0.25) is 0 Å². The summed E-state index contributed by atoms with van der Waals surface area (Å²) >= 11 is 1.24. The summed E-state index contributed by atoms with van der Waals surface area (Å²) in [6, 6.07) is 11.2. The molecule has 4 rings (SSSR count). The predicted molar refractivity (Wildman–Crippen MR) is 118 cm³/mol. The van der Waals surface area contributed by atoms with Crippen molar-refractivity contribution < 1.29 is 9.53 Å². The number of ether oxygens (including phenoxy) is 1. The second kappa shape index (κ2) is 9.40. The van der Waals surface area contributed by atoms with E-state index in [9.17, 15) is 9.59 Å². The van der Waals surface area contributed by atoms with E-state index in [0.717, 1.165) is 24.9 Å². The summed E-state index contributed by atoms with van der Waals surface area (Å²) < 4.78 is 7.33. The molecule has 0 spiro atoms. The minimum atomic E-state index is -0.151. The first-order valence-corrected chi connectivity index (χ1v) is 11.1. The van der Waals surface area contributed by atoms with E-state index in [4.69, 9.17) is 4.74 Å². The van der Waals surface area contributed by atoms with E-state index in [1.54, 1.807) is 22.9 Å². The molecule has 3 heterocycles. The van der Waals surface area contributed by atoms with Crippen molar-refractivity contribution in [3.63, 3.8) is 0 Å². The molecule has 1 aliphatic rings. The fourth-order valence-electron chi connectivity index (χ4n) is 3.45. The van der Waals surface area contributed by atoms with Gasteiger partial charge in [0.2, 0.25) is 5.91 Å². The number of thioether (sulfide) groups is 1. The van der Waals surface area contributed by atoms with Crippen LogP contribution in [-0.4, -0.2) is 38.9 Å². The van der Waals surface area contributed by atoms with E-state index in [1.165, 1.54) is 17.3 Å². The van der Waals surface area contributed by atoms with Crippen molar-refractivity contribution in [1.29, 1.82) is 0 Å². The van der Waals surface area contributed by atoms with Crippen molar-refractivity contribution in [2.24, 2.45) is 0 Å². The Morgan fingerprint density at radius 2 is 2.13 bits per heavy atom. The highest BCUT2D eigenvalue weighted by Gasteiger charge is 2.21. The van der Waals surface area contributed by atoms with Gasteiger partial charge in [-0.2, -0.15) is 0 Å². The van der Waals surface area contributed by atoms with Gasteiger partial charge in [0.05, 0.1) is 23.8 Å². The number of hydrogen-bond acceptors (Lipinski definition) is 6. The molecule has 1 aliphatic heterocycles. The van der Waals surface area contributed by atoms with Crippen molar-refractivity contribution in [2.45, 2.75) is 44.0 Å². The Bertz CT molecular complexity index is 1090. The number of benzene rings is 1. The largest absolute Gasteiger partial charge is 0.376 e. The van der Waals surface area contributed by atoms with Crippen LogP contribution in [0.25, 0.3) is 11.0 Å². The molecule has 1 aromatic carbocycles. The highest BCUT2D eigenvalue weighted by Crippen LogP contribution is 2.21. The maximum Gasteiger partial charge on any atom is 0.263 e. The molecule has 30 heavy (non-hydrogen) atoms. The summed E-state index contributed by atoms with van der Waals surface area (Å²) in [4.78, 5) is 34.3. The van der Waals surface area contributed by atoms with Gasteiger partial charge >= 0.3 is 0 Å². The molecule has 0 unspecified atom stereocenters. The SMILES string of the molecule is CCc1ccc(NC(=O)CSc2nc3ncccc3c(=O)n2C[C@@H]2CCCO2)cc1. The molecule has 0 aliphatic carbocycles. The van der Waals surface area contributed by atoms with Gasteiger partial charge in [-0.05, 0) is 49.1 Å². The quantitative estimate of drug-likeness (QED) is 0.463. The molecule has 0 saturated carbocycles. The van der Waals surface area contributed by atoms with Crippen LogP contribution in [0.4, 0.5) is 5.69 Å². The molecule has 1 N–H and O–H groups in total. The number of nitrogens with one attached hydrogen (secondary N) is 1. The van der Waals surface area contributed by atoms with Gasteiger partial charge in [-0.1, -0.05) is 30.8 Å². The predicted octanol–water partition coefficient (Wildman–Crippen LogP) is 3.26. The third kappa shape index (κ3) is 4.71. The molecule has 1 amide bonds. The number of fused-ring (bicyclic) bond motifs is 1. The van der Waals surface area contributed by atoms with Gasteiger partial charge in [0.15, 0.2) is 10.8 Å². The lowest BCUT2D eigenvalue weighted by Gasteiger charge is -2.16. The minimum Gasteiger partial charge on any atom is -0.376 e. The molecule has 7 nitrogen and oxygen atoms in total. The Kier molecular flexibility index (Phi) is 6.44. The van der Waals surface area contributed by atoms with Crippen LogP contribution in [0, 0.1) is 0 Å². The number of amides is 1. The van der Waals surface area contributed by atoms with Crippen molar-refractivity contribution in [1.82, 2.24) is 14.5 Å². The van der Waals surface area contributed by atoms with Gasteiger partial charge in [0.1, 0.15) is 0 Å². The van der Waals surface area contributed by atoms with Crippen LogP contribution in [0.15, 0.2) is 52.5 Å². The van der Waals surface area contributed by atoms with Crippen LogP contribution in [0.5, 0.6) is 0 Å². The third-order valence-corrected chi connectivity index (χ3v) is 6.06. The number of anilines is 1. The Hall–Kier alpha value is -2.71. The normalized spacial score (nSPS) is 16.1. The summed E-state index contributed by atoms with van der Waals surface area (Å²) in [7, 11) is 0. The van der Waals surface area contributed by atoms with Gasteiger partial charge in [0.25, 0.3) is 5.56 Å². The summed E-state index contributed by atoms with van der Waals surface area (Å²) in [5.74, 6) is -0.00506. The molecular weight excluding hydrogens is 400 g/mol. The minimum absolute atomic E-state index is 0.0103. The third-order valence-electron chi connectivity index (χ3n) is 5.08. The first kappa shape index (κ1) is 20.6. The second-order valence-electron chi connectivity index (χ2n) is 7.21. The number of aryl methyl sites for hydroxylation is 1. The summed E-state index contributed by atoms with van der Waals surface area (Å²) in [6.07, 6.45) is 4.46. The fraction of sp³-hybridized carbons (Fsp3) is 0.364. The van der Waals surface area contributed by atoms with Crippen molar-refractivity contribution in [3.8, 4) is 0 Å². The standard InChI is InChI=1S/C22H24N4O3S/c1-2-15-7-9-16(10-8-15)24-19(27)14-30-22-25-20-18(6-3-11-23-20)21(28)26(22)13-17-5-4-12-29-17/h3,6-11,17H,2,4-5,12-14H2,1H3,(H,24,27)/t17-/m0/s1. The van der Waals surface area contributed by atoms with Crippen LogP contribution < -0.4 is 10.9 Å². The highest BCUT2D eigenvalue weighted by atomic mass is 32.2. The maximum atomic E-state index is 13.0. The summed E-state index contributed by atoms with van der Waals surface area (Å²) in [5.41, 5.74) is 2.21. The molecule has 0 radical (unpaired) electrons. The van der Waals surface area contributed by atoms with E-state index in [1.807, 2.05) is 24.3 Å². The Balaban J connectivity index is 1.52. The molecule has 1 saturated heterocycles. The van der Waals surface area contributed by atoms with Crippen LogP contribution in [0.1, 0.15) is 25.3 Å². The maximum absolute atomic E-state index is 13.0. The molecule has 1 fully saturated rings. The van der Waals surface area contributed by atoms with Crippen LogP contribution in [0.3, 0.4) is 0 Å². The Labute approximate surface area is 178 Å². The molecule has 156 valence electrons. The summed E-state index contributed by atoms with van der Waals surface area (Å²) in [6.45, 7) is 3.23. The lowest BCUT2D eigenvalue weighted by molar-refractivity contribution is -0.113. The number of hydrogen-bond donors (Lipinski definition) is 1. The molecule has 0 bridgehead atoms. The van der Waals surface area contributed by atoms with Gasteiger partial charge in [-0.3, -0.25) is 14.2 Å². The van der Waals surface area contributed by atoms with Gasteiger partial charge in [-0.25, -0.2) is 9.97 Å². The Morgan fingerprint density at radius 1 is 1.30 bits per heavy atom. The average molecular weight is 425 g/mol. The zero-order valence-corrected chi connectivity index (χ0v) is 17.7. The zero-order valence-electron chi connectivity index (χ0n) is 16.8. The molecule has 8 heteroatoms. The van der Waals surface area contributed by atoms with Gasteiger partial charge in [0, 0.05) is 18.5 Å². The number of pyridine rings is 1. The zero-order chi connectivity index (χ0) is 20.9. The number of carbonyl (C=O) groups excluding carboxylic acids is 1. The molecule has 3 aromatic rings. The Morgan fingerprint density at radius 3 is 2.87 bits per heavy atom. The lowest BCUT2D eigenvalue weighted by Crippen LogP contribution is -2.29. The number of nitrogens with zero attached hydrogens (tertiary/aromatic N) is 3. The van der Waals surface area contributed by atoms with E-state index < -0.39 is 0 Å². The number of carbonyl (C=O) groups is 1. The van der Waals surface area contributed by atoms with E-state index in [2.05, 4.69) is 22.2 Å². The first-order chi connectivity index (χ1) is 14.6. The monoisotopic (exact) mass is 424 g/mol. The van der Waals surface area contributed by atoms with E-state index in [-0.39, 0.29) is 23.3 Å². The van der Waals surface area contributed by atoms with Crippen LogP contribution >= 0.6 is 11.8 Å². The topological polar surface area (TPSA) is 86.1 Å². The molecule has 2 aromatic heterocycles. The van der Waals surface area contributed by atoms with Crippen molar-refractivity contribution >= 4 is 34.4 Å². The van der Waals surface area contributed by atoms with Gasteiger partial charge in [-0.15, -0.1) is 0 Å². The van der Waals surface area contributed by atoms with E-state index in [0.29, 0.717) is 29.3 Å². The van der Waals surface area contributed by atoms with Crippen molar-refractivity contribution in [2.75, 3.05) is 17.7 Å². The van der Waals surface area contributed by atoms with Crippen LogP contribution in [-0.2, 0) is 22.5 Å². The molecular formula is C22H24N4O3S. The summed E-state index contributed by atoms with van der Waals surface area (Å²) in [5, 5.41) is 3.85. The lowest BCUT2D eigenvalue weighted by atomic mass is 10.1.